The summed E-state index contributed by atoms with van der Waals surface area (Å²) >= 11 is 0. The number of nitrogens with one attached hydrogen (secondary N) is 2. The molecule has 1 aliphatic heterocycles. The van der Waals surface area contributed by atoms with Crippen LogP contribution in [0.5, 0.6) is 0 Å². The number of ether oxygens (including phenoxy) is 1. The van der Waals surface area contributed by atoms with Crippen molar-refractivity contribution >= 4 is 18.2 Å². The molecule has 126 valence electrons. The molecule has 1 aliphatic rings. The lowest BCUT2D eigenvalue weighted by atomic mass is 10.1. The van der Waals surface area contributed by atoms with Gasteiger partial charge in [0, 0.05) is 6.54 Å². The molecule has 1 saturated heterocycles. The summed E-state index contributed by atoms with van der Waals surface area (Å²) in [5, 5.41) is 5.32. The lowest BCUT2D eigenvalue weighted by Crippen LogP contribution is -2.57. The number of halogens is 6. The molecule has 1 aromatic rings. The van der Waals surface area contributed by atoms with Crippen LogP contribution in [0.15, 0.2) is 12.4 Å². The molecule has 0 radical (unpaired) electrons. The van der Waals surface area contributed by atoms with Crippen LogP contribution in [0.1, 0.15) is 12.6 Å². The predicted molar refractivity (Wildman–Crippen MR) is 70.1 cm³/mol. The van der Waals surface area contributed by atoms with Crippen LogP contribution >= 0.6 is 12.4 Å². The molecule has 11 heteroatoms. The monoisotopic (exact) mass is 348 g/mol. The first-order valence-corrected chi connectivity index (χ1v) is 6.09. The number of rotatable bonds is 3. The molecule has 0 unspecified atom stereocenters. The van der Waals surface area contributed by atoms with Gasteiger partial charge in [0.1, 0.15) is 5.82 Å². The zero-order valence-corrected chi connectivity index (χ0v) is 12.1. The maximum atomic E-state index is 12.9. The highest BCUT2D eigenvalue weighted by Gasteiger charge is 2.40. The molecule has 2 rings (SSSR count). The van der Waals surface area contributed by atoms with Crippen LogP contribution in [-0.2, 0) is 10.9 Å². The minimum atomic E-state index is -4.55. The van der Waals surface area contributed by atoms with E-state index in [4.69, 9.17) is 0 Å². The van der Waals surface area contributed by atoms with Gasteiger partial charge in [0.05, 0.1) is 31.1 Å². The van der Waals surface area contributed by atoms with E-state index in [1.165, 1.54) is 6.92 Å². The van der Waals surface area contributed by atoms with Crippen molar-refractivity contribution in [1.82, 2.24) is 15.3 Å². The zero-order chi connectivity index (χ0) is 15.7. The van der Waals surface area contributed by atoms with Crippen LogP contribution in [0.4, 0.5) is 27.8 Å². The summed E-state index contributed by atoms with van der Waals surface area (Å²) in [5.74, 6) is 0.120. The molecule has 0 aliphatic carbocycles. The first kappa shape index (κ1) is 18.8. The molecule has 5 nitrogen and oxygen atoms in total. The van der Waals surface area contributed by atoms with Crippen molar-refractivity contribution < 1.29 is 26.7 Å². The van der Waals surface area contributed by atoms with E-state index in [1.807, 2.05) is 0 Å². The molecule has 0 spiro atoms. The molecule has 22 heavy (non-hydrogen) atoms. The van der Waals surface area contributed by atoms with Gasteiger partial charge in [0.25, 0.3) is 0 Å². The molecule has 2 N–H and O–H groups in total. The first-order chi connectivity index (χ1) is 9.67. The fourth-order valence-corrected chi connectivity index (χ4v) is 1.83. The van der Waals surface area contributed by atoms with E-state index in [2.05, 4.69) is 25.3 Å². The summed E-state index contributed by atoms with van der Waals surface area (Å²) in [6, 6.07) is -0.422. The maximum Gasteiger partial charge on any atom is 0.434 e. The molecular weight excluding hydrogens is 335 g/mol. The Morgan fingerprint density at radius 2 is 2.05 bits per heavy atom. The van der Waals surface area contributed by atoms with E-state index in [0.717, 1.165) is 6.20 Å². The SMILES string of the molecule is C[C@@H]1OC(F)(F)CN[C@@H]1CNc1cnc(C(F)(F)F)cn1.Cl. The number of morpholine rings is 1. The van der Waals surface area contributed by atoms with Gasteiger partial charge in [0.15, 0.2) is 5.69 Å². The van der Waals surface area contributed by atoms with Gasteiger partial charge < -0.3 is 15.4 Å². The minimum absolute atomic E-state index is 0. The summed E-state index contributed by atoms with van der Waals surface area (Å²) in [7, 11) is 0. The molecule has 1 aromatic heterocycles. The van der Waals surface area contributed by atoms with Gasteiger partial charge in [-0.05, 0) is 6.92 Å². The third-order valence-electron chi connectivity index (χ3n) is 2.94. The van der Waals surface area contributed by atoms with Crippen molar-refractivity contribution in [2.45, 2.75) is 31.4 Å². The number of nitrogens with zero attached hydrogens (tertiary/aromatic N) is 2. The molecule has 1 fully saturated rings. The van der Waals surface area contributed by atoms with Gasteiger partial charge in [0.2, 0.25) is 0 Å². The summed E-state index contributed by atoms with van der Waals surface area (Å²) in [6.07, 6.45) is -6.99. The van der Waals surface area contributed by atoms with Gasteiger partial charge in [-0.1, -0.05) is 0 Å². The van der Waals surface area contributed by atoms with E-state index in [1.54, 1.807) is 0 Å². The van der Waals surface area contributed by atoms with Crippen LogP contribution in [-0.4, -0.2) is 41.3 Å². The number of hydrogen-bond donors (Lipinski definition) is 2. The van der Waals surface area contributed by atoms with E-state index in [-0.39, 0.29) is 24.8 Å². The normalized spacial score (nSPS) is 24.5. The Labute approximate surface area is 129 Å². The Morgan fingerprint density at radius 3 is 2.55 bits per heavy atom. The molecule has 0 bridgehead atoms. The van der Waals surface area contributed by atoms with E-state index in [9.17, 15) is 22.0 Å². The lowest BCUT2D eigenvalue weighted by Gasteiger charge is -2.35. The van der Waals surface area contributed by atoms with Crippen LogP contribution in [0, 0.1) is 0 Å². The van der Waals surface area contributed by atoms with Gasteiger partial charge in [-0.3, -0.25) is 0 Å². The summed E-state index contributed by atoms with van der Waals surface area (Å²) in [6.45, 7) is 1.02. The van der Waals surface area contributed by atoms with Crippen molar-refractivity contribution in [1.29, 1.82) is 0 Å². The first-order valence-electron chi connectivity index (χ1n) is 6.09. The van der Waals surface area contributed by atoms with Gasteiger partial charge in [-0.25, -0.2) is 9.97 Å². The third kappa shape index (κ3) is 4.89. The predicted octanol–water partition coefficient (Wildman–Crippen LogP) is 2.30. The van der Waals surface area contributed by atoms with Crippen molar-refractivity contribution in [2.24, 2.45) is 0 Å². The number of aromatic nitrogens is 2. The zero-order valence-electron chi connectivity index (χ0n) is 11.3. The Bertz CT molecular complexity index is 484. The highest BCUT2D eigenvalue weighted by Crippen LogP contribution is 2.27. The van der Waals surface area contributed by atoms with E-state index < -0.39 is 36.7 Å². The van der Waals surface area contributed by atoms with Gasteiger partial charge in [-0.2, -0.15) is 22.0 Å². The second kappa shape index (κ2) is 6.88. The quantitative estimate of drug-likeness (QED) is 0.821. The maximum absolute atomic E-state index is 12.9. The third-order valence-corrected chi connectivity index (χ3v) is 2.94. The van der Waals surface area contributed by atoms with Crippen molar-refractivity contribution in [3.8, 4) is 0 Å². The fraction of sp³-hybridized carbons (Fsp3) is 0.636. The van der Waals surface area contributed by atoms with Crippen LogP contribution in [0.2, 0.25) is 0 Å². The molecule has 2 heterocycles. The summed E-state index contributed by atoms with van der Waals surface area (Å²) < 4.78 is 67.2. The van der Waals surface area contributed by atoms with Crippen molar-refractivity contribution in [3.05, 3.63) is 18.1 Å². The minimum Gasteiger partial charge on any atom is -0.367 e. The Hall–Kier alpha value is -1.26. The van der Waals surface area contributed by atoms with Crippen molar-refractivity contribution in [2.75, 3.05) is 18.4 Å². The Kier molecular flexibility index (Phi) is 5.88. The van der Waals surface area contributed by atoms with Crippen LogP contribution in [0.3, 0.4) is 0 Å². The summed E-state index contributed by atoms with van der Waals surface area (Å²) in [4.78, 5) is 6.81. The second-order valence-corrected chi connectivity index (χ2v) is 4.61. The van der Waals surface area contributed by atoms with E-state index in [0.29, 0.717) is 6.20 Å². The lowest BCUT2D eigenvalue weighted by molar-refractivity contribution is -0.278. The van der Waals surface area contributed by atoms with E-state index >= 15 is 0 Å². The van der Waals surface area contributed by atoms with Gasteiger partial charge in [-0.15, -0.1) is 12.4 Å². The number of alkyl halides is 5. The average Bonchev–Trinajstić information content (AvgIpc) is 2.36. The molecular formula is C11H14ClF5N4O. The number of hydrogen-bond acceptors (Lipinski definition) is 5. The highest BCUT2D eigenvalue weighted by atomic mass is 35.5. The molecule has 0 saturated carbocycles. The fourth-order valence-electron chi connectivity index (χ4n) is 1.83. The smallest absolute Gasteiger partial charge is 0.367 e. The standard InChI is InChI=1S/C11H13F5N4O.ClH/c1-6-7(20-5-10(12,13)21-6)2-18-9-4-17-8(3-19-9)11(14,15)16;/h3-4,6-7,20H,2,5H2,1H3,(H,18,19);1H/t6-,7+;/m0./s1. The second-order valence-electron chi connectivity index (χ2n) is 4.61. The Morgan fingerprint density at radius 1 is 1.36 bits per heavy atom. The Balaban J connectivity index is 0.00000242. The van der Waals surface area contributed by atoms with Crippen LogP contribution in [0.25, 0.3) is 0 Å². The van der Waals surface area contributed by atoms with Crippen LogP contribution < -0.4 is 10.6 Å². The number of anilines is 1. The van der Waals surface area contributed by atoms with Crippen molar-refractivity contribution in [3.63, 3.8) is 0 Å². The average molecular weight is 349 g/mol. The topological polar surface area (TPSA) is 59.1 Å². The molecule has 2 atom stereocenters. The van der Waals surface area contributed by atoms with Gasteiger partial charge >= 0.3 is 12.3 Å². The largest absolute Gasteiger partial charge is 0.434 e. The molecule has 0 amide bonds. The highest BCUT2D eigenvalue weighted by molar-refractivity contribution is 5.85. The summed E-state index contributed by atoms with van der Waals surface area (Å²) in [5.41, 5.74) is -1.10. The molecule has 0 aromatic carbocycles.